The molecular formula is C15H12ClNO4. The van der Waals surface area contributed by atoms with Gasteiger partial charge in [-0.2, -0.15) is 0 Å². The number of carbonyl (C=O) groups excluding carboxylic acids is 1. The van der Waals surface area contributed by atoms with Gasteiger partial charge in [-0.1, -0.05) is 11.6 Å². The molecule has 5 nitrogen and oxygen atoms in total. The molecule has 0 spiro atoms. The van der Waals surface area contributed by atoms with E-state index in [-0.39, 0.29) is 11.5 Å². The van der Waals surface area contributed by atoms with Crippen molar-refractivity contribution in [3.63, 3.8) is 0 Å². The molecule has 1 amide bonds. The van der Waals surface area contributed by atoms with Gasteiger partial charge in [-0.05, 0) is 42.8 Å². The molecule has 21 heavy (non-hydrogen) atoms. The van der Waals surface area contributed by atoms with Crippen molar-refractivity contribution in [1.82, 2.24) is 0 Å². The number of hydrogen-bond acceptors (Lipinski definition) is 3. The van der Waals surface area contributed by atoms with Crippen LogP contribution in [0, 0.1) is 6.92 Å². The Morgan fingerprint density at radius 1 is 1.10 bits per heavy atom. The summed E-state index contributed by atoms with van der Waals surface area (Å²) in [7, 11) is 0. The van der Waals surface area contributed by atoms with Crippen LogP contribution in [0.4, 0.5) is 5.69 Å². The number of aromatic hydroxyl groups is 1. The number of anilines is 1. The molecule has 0 fully saturated rings. The van der Waals surface area contributed by atoms with Crippen molar-refractivity contribution < 1.29 is 19.8 Å². The lowest BCUT2D eigenvalue weighted by Crippen LogP contribution is -2.13. The molecule has 2 rings (SSSR count). The summed E-state index contributed by atoms with van der Waals surface area (Å²) in [4.78, 5) is 22.9. The first-order chi connectivity index (χ1) is 9.88. The Kier molecular flexibility index (Phi) is 4.14. The molecule has 2 aromatic carbocycles. The summed E-state index contributed by atoms with van der Waals surface area (Å²) in [5.41, 5.74) is 1.24. The minimum atomic E-state index is -1.24. The average Bonchev–Trinajstić information content (AvgIpc) is 2.37. The van der Waals surface area contributed by atoms with Crippen LogP contribution in [-0.2, 0) is 0 Å². The third kappa shape index (κ3) is 3.32. The van der Waals surface area contributed by atoms with Crippen molar-refractivity contribution in [3.05, 3.63) is 58.1 Å². The van der Waals surface area contributed by atoms with Crippen molar-refractivity contribution in [3.8, 4) is 5.75 Å². The number of phenols is 1. The van der Waals surface area contributed by atoms with Crippen molar-refractivity contribution in [2.45, 2.75) is 6.92 Å². The van der Waals surface area contributed by atoms with E-state index < -0.39 is 11.7 Å². The van der Waals surface area contributed by atoms with E-state index in [0.29, 0.717) is 21.8 Å². The maximum Gasteiger partial charge on any atom is 0.339 e. The number of rotatable bonds is 3. The first-order valence-electron chi connectivity index (χ1n) is 6.02. The lowest BCUT2D eigenvalue weighted by molar-refractivity contribution is 0.0693. The zero-order valence-electron chi connectivity index (χ0n) is 11.1. The number of carboxylic acid groups (broad SMARTS) is 1. The molecule has 0 bridgehead atoms. The van der Waals surface area contributed by atoms with Gasteiger partial charge >= 0.3 is 5.97 Å². The quantitative estimate of drug-likeness (QED) is 0.812. The summed E-state index contributed by atoms with van der Waals surface area (Å²) < 4.78 is 0. The van der Waals surface area contributed by atoms with Crippen LogP contribution in [-0.4, -0.2) is 22.1 Å². The van der Waals surface area contributed by atoms with Crippen LogP contribution in [0.15, 0.2) is 36.4 Å². The van der Waals surface area contributed by atoms with Gasteiger partial charge in [0.05, 0.1) is 0 Å². The summed E-state index contributed by atoms with van der Waals surface area (Å²) in [6.45, 7) is 1.76. The highest BCUT2D eigenvalue weighted by molar-refractivity contribution is 6.30. The zero-order valence-corrected chi connectivity index (χ0v) is 11.8. The number of hydrogen-bond donors (Lipinski definition) is 3. The van der Waals surface area contributed by atoms with Gasteiger partial charge in [0.15, 0.2) is 0 Å². The highest BCUT2D eigenvalue weighted by Gasteiger charge is 2.13. The highest BCUT2D eigenvalue weighted by Crippen LogP contribution is 2.23. The molecule has 0 atom stereocenters. The maximum absolute atomic E-state index is 12.1. The summed E-state index contributed by atoms with van der Waals surface area (Å²) >= 11 is 5.83. The van der Waals surface area contributed by atoms with Crippen LogP contribution in [0.3, 0.4) is 0 Å². The van der Waals surface area contributed by atoms with E-state index in [0.717, 1.165) is 0 Å². The first-order valence-corrected chi connectivity index (χ1v) is 6.40. The molecule has 0 saturated heterocycles. The van der Waals surface area contributed by atoms with Crippen molar-refractivity contribution in [1.29, 1.82) is 0 Å². The molecule has 0 aliphatic carbocycles. The predicted octanol–water partition coefficient (Wildman–Crippen LogP) is 3.30. The number of benzene rings is 2. The standard InChI is InChI=1S/C15H12ClNO4/c1-8-6-9(16)2-4-11(8)14(19)17-10-3-5-12(15(20)21)13(18)7-10/h2-7,18H,1H3,(H,17,19)(H,20,21). The molecule has 0 unspecified atom stereocenters. The fourth-order valence-electron chi connectivity index (χ4n) is 1.87. The largest absolute Gasteiger partial charge is 0.507 e. The number of amides is 1. The van der Waals surface area contributed by atoms with Gasteiger partial charge in [0.2, 0.25) is 0 Å². The molecule has 108 valence electrons. The second kappa shape index (κ2) is 5.85. The second-order valence-corrected chi connectivity index (χ2v) is 4.89. The van der Waals surface area contributed by atoms with E-state index in [4.69, 9.17) is 16.7 Å². The van der Waals surface area contributed by atoms with E-state index in [9.17, 15) is 14.7 Å². The van der Waals surface area contributed by atoms with Gasteiger partial charge in [-0.25, -0.2) is 4.79 Å². The van der Waals surface area contributed by atoms with E-state index >= 15 is 0 Å². The van der Waals surface area contributed by atoms with Gasteiger partial charge in [-0.15, -0.1) is 0 Å². The van der Waals surface area contributed by atoms with Crippen LogP contribution >= 0.6 is 11.6 Å². The monoisotopic (exact) mass is 305 g/mol. The normalized spacial score (nSPS) is 10.2. The number of carboxylic acids is 1. The molecular weight excluding hydrogens is 294 g/mol. The SMILES string of the molecule is Cc1cc(Cl)ccc1C(=O)Nc1ccc(C(=O)O)c(O)c1. The van der Waals surface area contributed by atoms with Crippen LogP contribution in [0.1, 0.15) is 26.3 Å². The van der Waals surface area contributed by atoms with E-state index in [1.54, 1.807) is 25.1 Å². The van der Waals surface area contributed by atoms with Crippen LogP contribution in [0.5, 0.6) is 5.75 Å². The van der Waals surface area contributed by atoms with Gasteiger partial charge in [0.1, 0.15) is 11.3 Å². The molecule has 2 aromatic rings. The Morgan fingerprint density at radius 2 is 1.76 bits per heavy atom. The second-order valence-electron chi connectivity index (χ2n) is 4.45. The fraction of sp³-hybridized carbons (Fsp3) is 0.0667. The topological polar surface area (TPSA) is 86.6 Å². The Bertz CT molecular complexity index is 728. The molecule has 0 aliphatic rings. The van der Waals surface area contributed by atoms with Gasteiger partial charge in [0, 0.05) is 22.3 Å². The van der Waals surface area contributed by atoms with Gasteiger partial charge in [-0.3, -0.25) is 4.79 Å². The number of aryl methyl sites for hydroxylation is 1. The summed E-state index contributed by atoms with van der Waals surface area (Å²) in [6, 6.07) is 8.69. The third-order valence-electron chi connectivity index (χ3n) is 2.92. The summed E-state index contributed by atoms with van der Waals surface area (Å²) in [6.07, 6.45) is 0. The number of nitrogens with one attached hydrogen (secondary N) is 1. The molecule has 3 N–H and O–H groups in total. The first kappa shape index (κ1) is 14.9. The summed E-state index contributed by atoms with van der Waals surface area (Å²) in [5, 5.41) is 21.5. The van der Waals surface area contributed by atoms with Crippen LogP contribution in [0.25, 0.3) is 0 Å². The Balaban J connectivity index is 2.23. The van der Waals surface area contributed by atoms with Crippen molar-refractivity contribution in [2.24, 2.45) is 0 Å². The fourth-order valence-corrected chi connectivity index (χ4v) is 2.10. The van der Waals surface area contributed by atoms with E-state index in [1.807, 2.05) is 0 Å². The Morgan fingerprint density at radius 3 is 2.33 bits per heavy atom. The van der Waals surface area contributed by atoms with Crippen molar-refractivity contribution >= 4 is 29.2 Å². The molecule has 6 heteroatoms. The van der Waals surface area contributed by atoms with Crippen LogP contribution < -0.4 is 5.32 Å². The Labute approximate surface area is 125 Å². The molecule has 0 aromatic heterocycles. The maximum atomic E-state index is 12.1. The number of halogens is 1. The Hall–Kier alpha value is -2.53. The third-order valence-corrected chi connectivity index (χ3v) is 3.15. The summed E-state index contributed by atoms with van der Waals surface area (Å²) in [5.74, 6) is -2.02. The van der Waals surface area contributed by atoms with Gasteiger partial charge < -0.3 is 15.5 Å². The smallest absolute Gasteiger partial charge is 0.339 e. The number of carbonyl (C=O) groups is 2. The molecule has 0 saturated carbocycles. The zero-order chi connectivity index (χ0) is 15.6. The molecule has 0 heterocycles. The minimum absolute atomic E-state index is 0.226. The lowest BCUT2D eigenvalue weighted by atomic mass is 10.1. The van der Waals surface area contributed by atoms with E-state index in [1.165, 1.54) is 18.2 Å². The van der Waals surface area contributed by atoms with Gasteiger partial charge in [0.25, 0.3) is 5.91 Å². The van der Waals surface area contributed by atoms with Crippen molar-refractivity contribution in [2.75, 3.05) is 5.32 Å². The highest BCUT2D eigenvalue weighted by atomic mass is 35.5. The average molecular weight is 306 g/mol. The lowest BCUT2D eigenvalue weighted by Gasteiger charge is -2.09. The molecule has 0 radical (unpaired) electrons. The minimum Gasteiger partial charge on any atom is -0.507 e. The van der Waals surface area contributed by atoms with E-state index in [2.05, 4.69) is 5.32 Å². The number of aromatic carboxylic acids is 1. The molecule has 0 aliphatic heterocycles. The van der Waals surface area contributed by atoms with Crippen LogP contribution in [0.2, 0.25) is 5.02 Å². The predicted molar refractivity (Wildman–Crippen MR) is 79.2 cm³/mol.